The van der Waals surface area contributed by atoms with E-state index < -0.39 is 0 Å². The van der Waals surface area contributed by atoms with Gasteiger partial charge in [-0.1, -0.05) is 29.8 Å². The summed E-state index contributed by atoms with van der Waals surface area (Å²) in [4.78, 5) is 16.9. The van der Waals surface area contributed by atoms with Crippen molar-refractivity contribution < 1.29 is 5.11 Å². The Morgan fingerprint density at radius 2 is 1.90 bits per heavy atom. The maximum atomic E-state index is 12.6. The van der Waals surface area contributed by atoms with Crippen LogP contribution >= 0.6 is 11.6 Å². The first-order valence-corrected chi connectivity index (χ1v) is 6.43. The van der Waals surface area contributed by atoms with Gasteiger partial charge in [-0.3, -0.25) is 9.36 Å². The Hall–Kier alpha value is -2.33. The molecule has 0 saturated carbocycles. The van der Waals surface area contributed by atoms with E-state index in [1.165, 1.54) is 10.6 Å². The molecule has 0 atom stereocenters. The molecule has 0 amide bonds. The Labute approximate surface area is 119 Å². The normalized spacial score (nSPS) is 10.9. The van der Waals surface area contributed by atoms with Crippen LogP contribution in [0.3, 0.4) is 0 Å². The number of aryl methyl sites for hydroxylation is 1. The molecule has 2 aromatic carbocycles. The second-order valence-corrected chi connectivity index (χ2v) is 4.83. The van der Waals surface area contributed by atoms with E-state index in [0.717, 1.165) is 0 Å². The van der Waals surface area contributed by atoms with Gasteiger partial charge in [0.2, 0.25) is 0 Å². The highest BCUT2D eigenvalue weighted by Gasteiger charge is 2.13. The van der Waals surface area contributed by atoms with Gasteiger partial charge < -0.3 is 5.11 Å². The highest BCUT2D eigenvalue weighted by molar-refractivity contribution is 6.32. The fourth-order valence-corrected chi connectivity index (χ4v) is 2.44. The average molecular weight is 287 g/mol. The van der Waals surface area contributed by atoms with E-state index in [-0.39, 0.29) is 11.3 Å². The van der Waals surface area contributed by atoms with Gasteiger partial charge >= 0.3 is 0 Å². The van der Waals surface area contributed by atoms with E-state index in [1.807, 2.05) is 0 Å². The third-order valence-corrected chi connectivity index (χ3v) is 3.46. The van der Waals surface area contributed by atoms with E-state index in [9.17, 15) is 9.90 Å². The summed E-state index contributed by atoms with van der Waals surface area (Å²) < 4.78 is 1.45. The highest BCUT2D eigenvalue weighted by Crippen LogP contribution is 2.23. The Bertz CT molecular complexity index is 871. The smallest absolute Gasteiger partial charge is 0.266 e. The number of nitrogens with zero attached hydrogens (tertiary/aromatic N) is 2. The third kappa shape index (κ3) is 1.85. The number of aromatic nitrogens is 2. The number of fused-ring (bicyclic) bond motifs is 1. The molecule has 0 saturated heterocycles. The van der Waals surface area contributed by atoms with Crippen LogP contribution < -0.4 is 5.56 Å². The van der Waals surface area contributed by atoms with Crippen LogP contribution in [0, 0.1) is 6.92 Å². The van der Waals surface area contributed by atoms with Crippen molar-refractivity contribution in [2.24, 2.45) is 0 Å². The molecule has 0 unspecified atom stereocenters. The summed E-state index contributed by atoms with van der Waals surface area (Å²) in [5, 5.41) is 10.6. The zero-order valence-electron chi connectivity index (χ0n) is 10.7. The van der Waals surface area contributed by atoms with Crippen LogP contribution in [0.25, 0.3) is 16.6 Å². The average Bonchev–Trinajstić information content (AvgIpc) is 2.42. The van der Waals surface area contributed by atoms with Gasteiger partial charge in [0.1, 0.15) is 17.1 Å². The summed E-state index contributed by atoms with van der Waals surface area (Å²) in [7, 11) is 0. The molecule has 1 aromatic heterocycles. The van der Waals surface area contributed by atoms with Crippen LogP contribution in [0.4, 0.5) is 0 Å². The lowest BCUT2D eigenvalue weighted by atomic mass is 10.2. The molecule has 0 spiro atoms. The number of halogens is 1. The molecule has 0 fully saturated rings. The number of phenols is 1. The number of rotatable bonds is 1. The van der Waals surface area contributed by atoms with Gasteiger partial charge in [0.15, 0.2) is 0 Å². The van der Waals surface area contributed by atoms with Gasteiger partial charge in [-0.2, -0.15) is 0 Å². The topological polar surface area (TPSA) is 55.1 Å². The molecule has 100 valence electrons. The zero-order chi connectivity index (χ0) is 14.3. The highest BCUT2D eigenvalue weighted by atomic mass is 35.5. The van der Waals surface area contributed by atoms with Crippen molar-refractivity contribution in [3.63, 3.8) is 0 Å². The van der Waals surface area contributed by atoms with Crippen molar-refractivity contribution in [1.29, 1.82) is 0 Å². The van der Waals surface area contributed by atoms with Crippen LogP contribution in [0.15, 0.2) is 47.3 Å². The van der Waals surface area contributed by atoms with Crippen molar-refractivity contribution in [3.8, 4) is 11.4 Å². The zero-order valence-corrected chi connectivity index (χ0v) is 11.4. The van der Waals surface area contributed by atoms with Crippen molar-refractivity contribution in [2.75, 3.05) is 0 Å². The summed E-state index contributed by atoms with van der Waals surface area (Å²) in [6.45, 7) is 1.70. The third-order valence-electron chi connectivity index (χ3n) is 3.14. The summed E-state index contributed by atoms with van der Waals surface area (Å²) in [5.74, 6) is 0.464. The lowest BCUT2D eigenvalue weighted by Gasteiger charge is -2.12. The Kier molecular flexibility index (Phi) is 2.95. The molecule has 20 heavy (non-hydrogen) atoms. The lowest BCUT2D eigenvalue weighted by molar-refractivity contribution is 0.480. The predicted octanol–water partition coefficient (Wildman–Crippen LogP) is 3.05. The molecule has 3 rings (SSSR count). The summed E-state index contributed by atoms with van der Waals surface area (Å²) in [5.41, 5.74) is 0.629. The van der Waals surface area contributed by atoms with Gasteiger partial charge in [0.05, 0.1) is 16.1 Å². The quantitative estimate of drug-likeness (QED) is 0.748. The minimum absolute atomic E-state index is 0.00555. The van der Waals surface area contributed by atoms with Crippen molar-refractivity contribution >= 4 is 22.5 Å². The number of aromatic hydroxyl groups is 1. The van der Waals surface area contributed by atoms with Crippen LogP contribution in [-0.2, 0) is 0 Å². The van der Waals surface area contributed by atoms with E-state index in [4.69, 9.17) is 11.6 Å². The molecular formula is C15H11ClN2O2. The first-order chi connectivity index (χ1) is 9.59. The SMILES string of the molecule is Cc1nc2c(O)cccc2c(=O)n1-c1ccccc1Cl. The molecule has 5 heteroatoms. The number of benzene rings is 2. The van der Waals surface area contributed by atoms with Crippen molar-refractivity contribution in [1.82, 2.24) is 9.55 Å². The molecule has 3 aromatic rings. The fourth-order valence-electron chi connectivity index (χ4n) is 2.22. The first-order valence-electron chi connectivity index (χ1n) is 6.06. The number of phenolic OH excluding ortho intramolecular Hbond substituents is 1. The summed E-state index contributed by atoms with van der Waals surface area (Å²) >= 11 is 6.15. The standard InChI is InChI=1S/C15H11ClN2O2/c1-9-17-14-10(5-4-8-13(14)19)15(20)18(9)12-7-3-2-6-11(12)16/h2-8,19H,1H3. The van der Waals surface area contributed by atoms with Crippen LogP contribution in [0.1, 0.15) is 5.82 Å². The molecule has 1 N–H and O–H groups in total. The number of para-hydroxylation sites is 2. The Morgan fingerprint density at radius 1 is 1.15 bits per heavy atom. The second-order valence-electron chi connectivity index (χ2n) is 4.42. The van der Waals surface area contributed by atoms with Gasteiger partial charge in [0, 0.05) is 0 Å². The maximum absolute atomic E-state index is 12.6. The molecule has 4 nitrogen and oxygen atoms in total. The monoisotopic (exact) mass is 286 g/mol. The van der Waals surface area contributed by atoms with Crippen LogP contribution in [0.2, 0.25) is 5.02 Å². The molecule has 0 radical (unpaired) electrons. The Balaban J connectivity index is 2.45. The van der Waals surface area contributed by atoms with Gasteiger partial charge in [-0.25, -0.2) is 4.98 Å². The van der Waals surface area contributed by atoms with Gasteiger partial charge in [0.25, 0.3) is 5.56 Å². The van der Waals surface area contributed by atoms with E-state index >= 15 is 0 Å². The molecule has 0 bridgehead atoms. The second kappa shape index (κ2) is 4.65. The molecule has 0 aliphatic rings. The van der Waals surface area contributed by atoms with Crippen LogP contribution in [-0.4, -0.2) is 14.7 Å². The first kappa shape index (κ1) is 12.7. The predicted molar refractivity (Wildman–Crippen MR) is 78.8 cm³/mol. The largest absolute Gasteiger partial charge is 0.506 e. The van der Waals surface area contributed by atoms with Gasteiger partial charge in [-0.15, -0.1) is 0 Å². The van der Waals surface area contributed by atoms with E-state index in [1.54, 1.807) is 43.3 Å². The minimum Gasteiger partial charge on any atom is -0.506 e. The summed E-state index contributed by atoms with van der Waals surface area (Å²) in [6, 6.07) is 11.8. The maximum Gasteiger partial charge on any atom is 0.266 e. The molecule has 1 heterocycles. The van der Waals surface area contributed by atoms with Crippen molar-refractivity contribution in [2.45, 2.75) is 6.92 Å². The number of hydrogen-bond donors (Lipinski definition) is 1. The van der Waals surface area contributed by atoms with Crippen LogP contribution in [0.5, 0.6) is 5.75 Å². The summed E-state index contributed by atoms with van der Waals surface area (Å²) in [6.07, 6.45) is 0. The molecular weight excluding hydrogens is 276 g/mol. The van der Waals surface area contributed by atoms with Gasteiger partial charge in [-0.05, 0) is 31.2 Å². The lowest BCUT2D eigenvalue weighted by Crippen LogP contribution is -2.22. The minimum atomic E-state index is -0.253. The molecule has 0 aliphatic heterocycles. The fraction of sp³-hybridized carbons (Fsp3) is 0.0667. The van der Waals surface area contributed by atoms with E-state index in [0.29, 0.717) is 27.4 Å². The number of hydrogen-bond acceptors (Lipinski definition) is 3. The van der Waals surface area contributed by atoms with Crippen molar-refractivity contribution in [3.05, 3.63) is 63.7 Å². The van der Waals surface area contributed by atoms with E-state index in [2.05, 4.69) is 4.98 Å². The molecule has 0 aliphatic carbocycles. The Morgan fingerprint density at radius 3 is 2.65 bits per heavy atom.